The van der Waals surface area contributed by atoms with Gasteiger partial charge in [-0.25, -0.2) is 0 Å². The van der Waals surface area contributed by atoms with Crippen LogP contribution in [0.1, 0.15) is 28.5 Å². The number of para-hydroxylation sites is 1. The van der Waals surface area contributed by atoms with E-state index in [-0.39, 0.29) is 11.9 Å². The van der Waals surface area contributed by atoms with Crippen molar-refractivity contribution >= 4 is 16.8 Å². The van der Waals surface area contributed by atoms with E-state index in [1.165, 1.54) is 0 Å². The predicted molar refractivity (Wildman–Crippen MR) is 96.4 cm³/mol. The topological polar surface area (TPSA) is 47.4 Å². The molecular formula is C20H21N3O2. The van der Waals surface area contributed by atoms with Crippen molar-refractivity contribution in [3.8, 4) is 0 Å². The Morgan fingerprint density at radius 2 is 2.16 bits per heavy atom. The van der Waals surface area contributed by atoms with Crippen molar-refractivity contribution in [1.82, 2.24) is 14.5 Å². The molecule has 25 heavy (non-hydrogen) atoms. The van der Waals surface area contributed by atoms with E-state index in [2.05, 4.69) is 21.8 Å². The Bertz CT molecular complexity index is 903. The van der Waals surface area contributed by atoms with Crippen molar-refractivity contribution in [2.24, 2.45) is 0 Å². The second-order valence-corrected chi connectivity index (χ2v) is 6.44. The Morgan fingerprint density at radius 3 is 3.04 bits per heavy atom. The summed E-state index contributed by atoms with van der Waals surface area (Å²) in [4.78, 5) is 19.4. The largest absolute Gasteiger partial charge is 0.385 e. The molecule has 3 heterocycles. The molecule has 0 fully saturated rings. The molecule has 1 aromatic carbocycles. The first-order chi connectivity index (χ1) is 12.3. The van der Waals surface area contributed by atoms with Crippen LogP contribution in [0.4, 0.5) is 0 Å². The molecule has 0 aliphatic carbocycles. The number of aromatic nitrogens is 2. The van der Waals surface area contributed by atoms with Crippen LogP contribution >= 0.6 is 0 Å². The molecule has 0 radical (unpaired) electrons. The van der Waals surface area contributed by atoms with Gasteiger partial charge in [0.05, 0.1) is 23.7 Å². The molecule has 5 heteroatoms. The molecule has 0 saturated carbocycles. The summed E-state index contributed by atoms with van der Waals surface area (Å²) >= 11 is 0. The number of rotatable bonds is 4. The molecule has 0 N–H and O–H groups in total. The highest BCUT2D eigenvalue weighted by molar-refractivity contribution is 5.97. The van der Waals surface area contributed by atoms with Gasteiger partial charge in [-0.2, -0.15) is 0 Å². The number of benzene rings is 1. The Balaban J connectivity index is 1.61. The van der Waals surface area contributed by atoms with Crippen LogP contribution in [0.5, 0.6) is 0 Å². The van der Waals surface area contributed by atoms with Crippen LogP contribution < -0.4 is 0 Å². The first-order valence-corrected chi connectivity index (χ1v) is 8.55. The highest BCUT2D eigenvalue weighted by Crippen LogP contribution is 2.26. The van der Waals surface area contributed by atoms with Crippen molar-refractivity contribution in [2.75, 3.05) is 20.3 Å². The van der Waals surface area contributed by atoms with Gasteiger partial charge in [0.15, 0.2) is 0 Å². The summed E-state index contributed by atoms with van der Waals surface area (Å²) in [5.41, 5.74) is 2.71. The Morgan fingerprint density at radius 1 is 1.28 bits per heavy atom. The van der Waals surface area contributed by atoms with Gasteiger partial charge in [0.25, 0.3) is 5.91 Å². The minimum Gasteiger partial charge on any atom is -0.385 e. The lowest BCUT2D eigenvalue weighted by molar-refractivity contribution is 0.0654. The fourth-order valence-electron chi connectivity index (χ4n) is 3.53. The van der Waals surface area contributed by atoms with Gasteiger partial charge in [0.2, 0.25) is 0 Å². The SMILES string of the molecule is COCCC1CN(C(=O)c2cnc3ccccc3c2)Cc2cccn21. The van der Waals surface area contributed by atoms with Crippen molar-refractivity contribution in [1.29, 1.82) is 0 Å². The summed E-state index contributed by atoms with van der Waals surface area (Å²) in [5, 5.41) is 0.990. The lowest BCUT2D eigenvalue weighted by Crippen LogP contribution is -2.41. The van der Waals surface area contributed by atoms with Gasteiger partial charge in [0, 0.05) is 43.7 Å². The van der Waals surface area contributed by atoms with Gasteiger partial charge in [-0.05, 0) is 30.7 Å². The monoisotopic (exact) mass is 335 g/mol. The van der Waals surface area contributed by atoms with E-state index in [4.69, 9.17) is 4.74 Å². The maximum atomic E-state index is 13.0. The Labute approximate surface area is 146 Å². The molecule has 0 bridgehead atoms. The lowest BCUT2D eigenvalue weighted by atomic mass is 10.1. The van der Waals surface area contributed by atoms with Crippen LogP contribution in [-0.4, -0.2) is 40.6 Å². The minimum absolute atomic E-state index is 0.0353. The lowest BCUT2D eigenvalue weighted by Gasteiger charge is -2.35. The van der Waals surface area contributed by atoms with E-state index in [1.807, 2.05) is 41.3 Å². The third-order valence-electron chi connectivity index (χ3n) is 4.82. The van der Waals surface area contributed by atoms with E-state index in [0.717, 1.165) is 23.0 Å². The van der Waals surface area contributed by atoms with Crippen LogP contribution in [0, 0.1) is 0 Å². The summed E-state index contributed by atoms with van der Waals surface area (Å²) in [6, 6.07) is 14.2. The second kappa shape index (κ2) is 6.69. The fourth-order valence-corrected chi connectivity index (χ4v) is 3.53. The summed E-state index contributed by atoms with van der Waals surface area (Å²) in [6.45, 7) is 2.00. The molecule has 2 aromatic heterocycles. The average Bonchev–Trinajstić information content (AvgIpc) is 3.13. The normalized spacial score (nSPS) is 16.8. The van der Waals surface area contributed by atoms with Gasteiger partial charge in [-0.1, -0.05) is 18.2 Å². The predicted octanol–water partition coefficient (Wildman–Crippen LogP) is 3.27. The maximum absolute atomic E-state index is 13.0. The fraction of sp³-hybridized carbons (Fsp3) is 0.300. The first kappa shape index (κ1) is 15.8. The molecule has 3 aromatic rings. The Hall–Kier alpha value is -2.66. The van der Waals surface area contributed by atoms with Crippen molar-refractivity contribution in [2.45, 2.75) is 19.0 Å². The molecule has 1 aliphatic rings. The quantitative estimate of drug-likeness (QED) is 0.735. The number of nitrogens with zero attached hydrogens (tertiary/aromatic N) is 3. The summed E-state index contributed by atoms with van der Waals surface area (Å²) < 4.78 is 7.50. The number of amides is 1. The molecule has 0 saturated heterocycles. The zero-order valence-corrected chi connectivity index (χ0v) is 14.3. The van der Waals surface area contributed by atoms with Gasteiger partial charge in [-0.15, -0.1) is 0 Å². The van der Waals surface area contributed by atoms with Crippen LogP contribution in [0.2, 0.25) is 0 Å². The van der Waals surface area contributed by atoms with Gasteiger partial charge in [-0.3, -0.25) is 9.78 Å². The van der Waals surface area contributed by atoms with Crippen LogP contribution in [-0.2, 0) is 11.3 Å². The molecule has 128 valence electrons. The number of pyridine rings is 1. The van der Waals surface area contributed by atoms with Gasteiger partial charge < -0.3 is 14.2 Å². The third-order valence-corrected chi connectivity index (χ3v) is 4.82. The summed E-state index contributed by atoms with van der Waals surface area (Å²) in [7, 11) is 1.71. The van der Waals surface area contributed by atoms with E-state index in [0.29, 0.717) is 25.3 Å². The van der Waals surface area contributed by atoms with Gasteiger partial charge in [0.1, 0.15) is 0 Å². The van der Waals surface area contributed by atoms with Crippen LogP contribution in [0.3, 0.4) is 0 Å². The zero-order valence-electron chi connectivity index (χ0n) is 14.3. The van der Waals surface area contributed by atoms with Crippen molar-refractivity contribution in [3.63, 3.8) is 0 Å². The zero-order chi connectivity index (χ0) is 17.2. The van der Waals surface area contributed by atoms with Crippen LogP contribution in [0.15, 0.2) is 54.9 Å². The molecular weight excluding hydrogens is 314 g/mol. The third kappa shape index (κ3) is 3.03. The smallest absolute Gasteiger partial charge is 0.255 e. The molecule has 4 rings (SSSR count). The number of methoxy groups -OCH3 is 1. The minimum atomic E-state index is 0.0353. The van der Waals surface area contributed by atoms with E-state index < -0.39 is 0 Å². The summed E-state index contributed by atoms with van der Waals surface area (Å²) in [6.07, 6.45) is 4.66. The highest BCUT2D eigenvalue weighted by Gasteiger charge is 2.28. The number of carbonyl (C=O) groups excluding carboxylic acids is 1. The number of carbonyl (C=O) groups is 1. The highest BCUT2D eigenvalue weighted by atomic mass is 16.5. The molecule has 1 aliphatic heterocycles. The van der Waals surface area contributed by atoms with E-state index >= 15 is 0 Å². The second-order valence-electron chi connectivity index (χ2n) is 6.44. The number of hydrogen-bond acceptors (Lipinski definition) is 3. The van der Waals surface area contributed by atoms with Crippen LogP contribution in [0.25, 0.3) is 10.9 Å². The molecule has 0 spiro atoms. The maximum Gasteiger partial charge on any atom is 0.255 e. The van der Waals surface area contributed by atoms with E-state index in [9.17, 15) is 4.79 Å². The molecule has 5 nitrogen and oxygen atoms in total. The van der Waals surface area contributed by atoms with Gasteiger partial charge >= 0.3 is 0 Å². The molecule has 1 atom stereocenters. The average molecular weight is 335 g/mol. The number of fused-ring (bicyclic) bond motifs is 2. The first-order valence-electron chi connectivity index (χ1n) is 8.55. The Kier molecular flexibility index (Phi) is 4.24. The van der Waals surface area contributed by atoms with Crippen molar-refractivity contribution in [3.05, 3.63) is 66.1 Å². The molecule has 1 amide bonds. The number of ether oxygens (including phenoxy) is 1. The molecule has 1 unspecified atom stereocenters. The van der Waals surface area contributed by atoms with E-state index in [1.54, 1.807) is 13.3 Å². The summed E-state index contributed by atoms with van der Waals surface area (Å²) in [5.74, 6) is 0.0353. The van der Waals surface area contributed by atoms with Crippen molar-refractivity contribution < 1.29 is 9.53 Å². The number of hydrogen-bond donors (Lipinski definition) is 0. The standard InChI is InChI=1S/C20H21N3O2/c1-25-10-8-18-14-22(13-17-6-4-9-23(17)18)20(24)16-11-15-5-2-3-7-19(15)21-12-16/h2-7,9,11-12,18H,8,10,13-14H2,1H3.